The van der Waals surface area contributed by atoms with Crippen LogP contribution in [0.5, 0.6) is 0 Å². The fraction of sp³-hybridized carbons (Fsp3) is 0.286. The van der Waals surface area contributed by atoms with Gasteiger partial charge in [-0.05, 0) is 55.9 Å². The topological polar surface area (TPSA) is 38.7 Å². The Kier molecular flexibility index (Phi) is 4.08. The normalized spacial score (nSPS) is 13.5. The highest BCUT2D eigenvalue weighted by Crippen LogP contribution is 2.23. The lowest BCUT2D eigenvalue weighted by molar-refractivity contribution is 0.668. The van der Waals surface area contributed by atoms with Crippen LogP contribution in [0.4, 0.5) is 0 Å². The summed E-state index contributed by atoms with van der Waals surface area (Å²) >= 11 is 0. The van der Waals surface area contributed by atoms with Gasteiger partial charge in [-0.15, -0.1) is 0 Å². The van der Waals surface area contributed by atoms with E-state index < -0.39 is 0 Å². The second kappa shape index (κ2) is 6.52. The monoisotopic (exact) mass is 315 g/mol. The Morgan fingerprint density at radius 3 is 2.58 bits per heavy atom. The van der Waals surface area contributed by atoms with Gasteiger partial charge in [0.15, 0.2) is 5.82 Å². The van der Waals surface area contributed by atoms with E-state index >= 15 is 0 Å². The summed E-state index contributed by atoms with van der Waals surface area (Å²) in [5.74, 6) is 0.745. The van der Waals surface area contributed by atoms with Crippen LogP contribution in [0.1, 0.15) is 41.1 Å². The molecule has 1 aromatic carbocycles. The van der Waals surface area contributed by atoms with Crippen molar-refractivity contribution in [2.24, 2.45) is 0 Å². The number of aromatic nitrogens is 3. The summed E-state index contributed by atoms with van der Waals surface area (Å²) in [6, 6.07) is 16.8. The van der Waals surface area contributed by atoms with Crippen LogP contribution in [0.2, 0.25) is 0 Å². The molecule has 0 saturated heterocycles. The van der Waals surface area contributed by atoms with Crippen LogP contribution in [-0.2, 0) is 19.3 Å². The fourth-order valence-corrected chi connectivity index (χ4v) is 3.35. The molecule has 3 heteroatoms. The molecular formula is C21H21N3. The molecule has 0 saturated carbocycles. The SMILES string of the molecule is Cc1cc(Cc2ccccc2)nc(-c2ccc3c(n2)CCCC3)n1. The van der Waals surface area contributed by atoms with Crippen molar-refractivity contribution >= 4 is 0 Å². The molecule has 0 bridgehead atoms. The molecule has 0 unspecified atom stereocenters. The third-order valence-electron chi connectivity index (χ3n) is 4.54. The van der Waals surface area contributed by atoms with Gasteiger partial charge in [0.2, 0.25) is 0 Å². The zero-order valence-corrected chi connectivity index (χ0v) is 14.0. The van der Waals surface area contributed by atoms with Gasteiger partial charge in [-0.3, -0.25) is 0 Å². The summed E-state index contributed by atoms with van der Waals surface area (Å²) in [4.78, 5) is 14.2. The molecule has 4 rings (SSSR count). The molecular weight excluding hydrogens is 294 g/mol. The van der Waals surface area contributed by atoms with Crippen LogP contribution in [0.25, 0.3) is 11.5 Å². The number of aryl methyl sites for hydroxylation is 3. The largest absolute Gasteiger partial charge is 0.249 e. The van der Waals surface area contributed by atoms with Crippen molar-refractivity contribution in [3.05, 3.63) is 76.7 Å². The van der Waals surface area contributed by atoms with Gasteiger partial charge in [-0.2, -0.15) is 0 Å². The first-order valence-electron chi connectivity index (χ1n) is 8.65. The first-order valence-corrected chi connectivity index (χ1v) is 8.65. The smallest absolute Gasteiger partial charge is 0.178 e. The Labute approximate surface area is 142 Å². The van der Waals surface area contributed by atoms with E-state index in [-0.39, 0.29) is 0 Å². The number of rotatable bonds is 3. The van der Waals surface area contributed by atoms with E-state index in [1.54, 1.807) is 0 Å². The van der Waals surface area contributed by atoms with Crippen LogP contribution in [0.15, 0.2) is 48.5 Å². The molecule has 2 aromatic heterocycles. The maximum Gasteiger partial charge on any atom is 0.178 e. The third-order valence-corrected chi connectivity index (χ3v) is 4.54. The molecule has 0 radical (unpaired) electrons. The first kappa shape index (κ1) is 15.0. The zero-order chi connectivity index (χ0) is 16.4. The van der Waals surface area contributed by atoms with Gasteiger partial charge >= 0.3 is 0 Å². The van der Waals surface area contributed by atoms with E-state index in [1.807, 2.05) is 13.0 Å². The van der Waals surface area contributed by atoms with Crippen molar-refractivity contribution in [3.63, 3.8) is 0 Å². The van der Waals surface area contributed by atoms with Crippen LogP contribution in [0.3, 0.4) is 0 Å². The summed E-state index contributed by atoms with van der Waals surface area (Å²) in [5.41, 5.74) is 6.82. The van der Waals surface area contributed by atoms with Crippen LogP contribution < -0.4 is 0 Å². The average molecular weight is 315 g/mol. The predicted octanol–water partition coefficient (Wildman–Crippen LogP) is 4.32. The molecule has 0 amide bonds. The van der Waals surface area contributed by atoms with Gasteiger partial charge in [0.1, 0.15) is 5.69 Å². The Bertz CT molecular complexity index is 856. The summed E-state index contributed by atoms with van der Waals surface area (Å²) in [6.07, 6.45) is 5.55. The first-order chi connectivity index (χ1) is 11.8. The van der Waals surface area contributed by atoms with Crippen molar-refractivity contribution in [3.8, 4) is 11.5 Å². The highest BCUT2D eigenvalue weighted by atomic mass is 14.9. The minimum absolute atomic E-state index is 0.745. The molecule has 3 aromatic rings. The second-order valence-electron chi connectivity index (χ2n) is 6.50. The van der Waals surface area contributed by atoms with Gasteiger partial charge < -0.3 is 0 Å². The molecule has 2 heterocycles. The lowest BCUT2D eigenvalue weighted by Crippen LogP contribution is -2.07. The molecule has 1 aliphatic rings. The standard InChI is InChI=1S/C21H21N3/c1-15-13-18(14-16-7-3-2-4-8-16)23-21(22-15)20-12-11-17-9-5-6-10-19(17)24-20/h2-4,7-8,11-13H,5-6,9-10,14H2,1H3. The molecule has 3 nitrogen and oxygen atoms in total. The quantitative estimate of drug-likeness (QED) is 0.722. The summed E-state index contributed by atoms with van der Waals surface area (Å²) in [6.45, 7) is 2.03. The van der Waals surface area contributed by atoms with E-state index in [2.05, 4.69) is 47.4 Å². The third kappa shape index (κ3) is 3.21. The number of hydrogen-bond donors (Lipinski definition) is 0. The van der Waals surface area contributed by atoms with E-state index in [9.17, 15) is 0 Å². The predicted molar refractivity (Wildman–Crippen MR) is 95.9 cm³/mol. The van der Waals surface area contributed by atoms with E-state index in [0.717, 1.165) is 42.2 Å². The minimum Gasteiger partial charge on any atom is -0.249 e. The summed E-state index contributed by atoms with van der Waals surface area (Å²) in [5, 5.41) is 0. The maximum atomic E-state index is 4.85. The highest BCUT2D eigenvalue weighted by molar-refractivity contribution is 5.51. The van der Waals surface area contributed by atoms with E-state index in [4.69, 9.17) is 9.97 Å². The van der Waals surface area contributed by atoms with Crippen LogP contribution in [-0.4, -0.2) is 15.0 Å². The number of hydrogen-bond acceptors (Lipinski definition) is 3. The van der Waals surface area contributed by atoms with E-state index in [0.29, 0.717) is 0 Å². The lowest BCUT2D eigenvalue weighted by Gasteiger charge is -2.15. The Balaban J connectivity index is 1.68. The molecule has 0 spiro atoms. The zero-order valence-electron chi connectivity index (χ0n) is 14.0. The molecule has 0 atom stereocenters. The van der Waals surface area contributed by atoms with Crippen LogP contribution >= 0.6 is 0 Å². The van der Waals surface area contributed by atoms with Gasteiger partial charge in [0.25, 0.3) is 0 Å². The Hall–Kier alpha value is -2.55. The van der Waals surface area contributed by atoms with Crippen molar-refractivity contribution in [1.29, 1.82) is 0 Å². The molecule has 120 valence electrons. The average Bonchev–Trinajstić information content (AvgIpc) is 2.62. The number of pyridine rings is 1. The number of fused-ring (bicyclic) bond motifs is 1. The second-order valence-corrected chi connectivity index (χ2v) is 6.50. The molecule has 0 fully saturated rings. The molecule has 1 aliphatic carbocycles. The van der Waals surface area contributed by atoms with Crippen molar-refractivity contribution in [1.82, 2.24) is 15.0 Å². The van der Waals surface area contributed by atoms with Gasteiger partial charge in [-0.25, -0.2) is 15.0 Å². The van der Waals surface area contributed by atoms with E-state index in [1.165, 1.54) is 29.7 Å². The Morgan fingerprint density at radius 1 is 0.875 bits per heavy atom. The summed E-state index contributed by atoms with van der Waals surface area (Å²) < 4.78 is 0. The molecule has 0 N–H and O–H groups in total. The summed E-state index contributed by atoms with van der Waals surface area (Å²) in [7, 11) is 0. The van der Waals surface area contributed by atoms with Gasteiger partial charge in [-0.1, -0.05) is 36.4 Å². The molecule has 0 aliphatic heterocycles. The van der Waals surface area contributed by atoms with Gasteiger partial charge in [0, 0.05) is 23.5 Å². The maximum absolute atomic E-state index is 4.85. The number of benzene rings is 1. The van der Waals surface area contributed by atoms with Crippen molar-refractivity contribution in [2.75, 3.05) is 0 Å². The number of nitrogens with zero attached hydrogens (tertiary/aromatic N) is 3. The fourth-order valence-electron chi connectivity index (χ4n) is 3.35. The van der Waals surface area contributed by atoms with Crippen molar-refractivity contribution in [2.45, 2.75) is 39.0 Å². The lowest BCUT2D eigenvalue weighted by atomic mass is 9.96. The van der Waals surface area contributed by atoms with Gasteiger partial charge in [0.05, 0.1) is 0 Å². The Morgan fingerprint density at radius 2 is 1.71 bits per heavy atom. The highest BCUT2D eigenvalue weighted by Gasteiger charge is 2.13. The van der Waals surface area contributed by atoms with Crippen LogP contribution in [0, 0.1) is 6.92 Å². The van der Waals surface area contributed by atoms with Crippen molar-refractivity contribution < 1.29 is 0 Å². The molecule has 24 heavy (non-hydrogen) atoms. The minimum atomic E-state index is 0.745.